The first kappa shape index (κ1) is 13.6. The van der Waals surface area contributed by atoms with Gasteiger partial charge in [0, 0.05) is 10.9 Å². The summed E-state index contributed by atoms with van der Waals surface area (Å²) in [5, 5.41) is 0.487. The van der Waals surface area contributed by atoms with E-state index in [1.165, 1.54) is 24.3 Å². The third kappa shape index (κ3) is 3.83. The minimum atomic E-state index is -2.85. The molecule has 0 bridgehead atoms. The first-order valence-corrected chi connectivity index (χ1v) is 6.37. The monoisotopic (exact) mass is 356 g/mol. The lowest BCUT2D eigenvalue weighted by Crippen LogP contribution is -2.15. The van der Waals surface area contributed by atoms with E-state index in [-0.39, 0.29) is 16.4 Å². The van der Waals surface area contributed by atoms with Gasteiger partial charge in [0.1, 0.15) is 5.75 Å². The number of hydrogen-bond acceptors (Lipinski definition) is 2. The molecule has 0 N–H and O–H groups in total. The summed E-state index contributed by atoms with van der Waals surface area (Å²) >= 11 is 6.36. The van der Waals surface area contributed by atoms with Gasteiger partial charge in [-0.05, 0) is 24.3 Å². The van der Waals surface area contributed by atoms with Crippen LogP contribution >= 0.6 is 31.9 Å². The van der Waals surface area contributed by atoms with Crippen LogP contribution in [0.25, 0.3) is 0 Å². The Labute approximate surface area is 108 Å². The number of Topliss-reactive ketones (excluding diaryl/α,β-unsaturated/α-hetero) is 1. The molecule has 1 aromatic carbocycles. The number of halogens is 4. The lowest BCUT2D eigenvalue weighted by molar-refractivity contribution is -0.0498. The van der Waals surface area contributed by atoms with Gasteiger partial charge in [-0.25, -0.2) is 0 Å². The summed E-state index contributed by atoms with van der Waals surface area (Å²) in [6.45, 7) is -2.85. The van der Waals surface area contributed by atoms with Crippen molar-refractivity contribution in [1.82, 2.24) is 0 Å². The Morgan fingerprint density at radius 2 is 1.88 bits per heavy atom. The molecular formula is C10H8Br2F2O2. The number of rotatable bonds is 5. The maximum absolute atomic E-state index is 11.9. The largest absolute Gasteiger partial charge is 0.435 e. The highest BCUT2D eigenvalue weighted by molar-refractivity contribution is 9.12. The molecule has 0 amide bonds. The predicted octanol–water partition coefficient (Wildman–Crippen LogP) is 3.63. The Kier molecular flexibility index (Phi) is 5.34. The van der Waals surface area contributed by atoms with E-state index in [2.05, 4.69) is 36.6 Å². The highest BCUT2D eigenvalue weighted by Crippen LogP contribution is 2.18. The highest BCUT2D eigenvalue weighted by atomic mass is 79.9. The quantitative estimate of drug-likeness (QED) is 0.594. The van der Waals surface area contributed by atoms with E-state index in [1.807, 2.05) is 0 Å². The van der Waals surface area contributed by atoms with Gasteiger partial charge >= 0.3 is 6.61 Å². The van der Waals surface area contributed by atoms with E-state index in [9.17, 15) is 13.6 Å². The standard InChI is InChI=1S/C10H8Br2F2O2/c11-5-8(12)9(15)6-1-3-7(4-2-6)16-10(13)14/h1-4,8,10H,5H2. The molecular weight excluding hydrogens is 350 g/mol. The Bertz CT molecular complexity index is 354. The Hall–Kier alpha value is -0.490. The molecule has 88 valence electrons. The number of hydrogen-bond donors (Lipinski definition) is 0. The first-order valence-electron chi connectivity index (χ1n) is 4.33. The molecule has 16 heavy (non-hydrogen) atoms. The number of carbonyl (C=O) groups excluding carboxylic acids is 1. The van der Waals surface area contributed by atoms with Crippen molar-refractivity contribution in [2.24, 2.45) is 0 Å². The minimum absolute atomic E-state index is 0.0384. The van der Waals surface area contributed by atoms with E-state index in [1.54, 1.807) is 0 Å². The smallest absolute Gasteiger partial charge is 0.387 e. The lowest BCUT2D eigenvalue weighted by Gasteiger charge is -2.07. The fourth-order valence-electron chi connectivity index (χ4n) is 1.05. The third-order valence-corrected chi connectivity index (χ3v) is 4.04. The molecule has 0 spiro atoms. The van der Waals surface area contributed by atoms with Crippen molar-refractivity contribution in [3.63, 3.8) is 0 Å². The maximum Gasteiger partial charge on any atom is 0.387 e. The summed E-state index contributed by atoms with van der Waals surface area (Å²) in [5.74, 6) is -0.0722. The molecule has 0 aromatic heterocycles. The van der Waals surface area contributed by atoms with Crippen molar-refractivity contribution in [2.45, 2.75) is 11.4 Å². The van der Waals surface area contributed by atoms with Crippen molar-refractivity contribution >= 4 is 37.6 Å². The van der Waals surface area contributed by atoms with Crippen molar-refractivity contribution in [1.29, 1.82) is 0 Å². The summed E-state index contributed by atoms with van der Waals surface area (Å²) in [6, 6.07) is 5.59. The molecule has 0 aliphatic rings. The third-order valence-electron chi connectivity index (χ3n) is 1.78. The fourth-order valence-corrected chi connectivity index (χ4v) is 1.61. The molecule has 0 fully saturated rings. The van der Waals surface area contributed by atoms with Crippen LogP contribution in [0.15, 0.2) is 24.3 Å². The second-order valence-electron chi connectivity index (χ2n) is 2.89. The second kappa shape index (κ2) is 6.30. The van der Waals surface area contributed by atoms with Gasteiger partial charge in [0.25, 0.3) is 0 Å². The van der Waals surface area contributed by atoms with Crippen LogP contribution in [0.1, 0.15) is 10.4 Å². The molecule has 0 radical (unpaired) electrons. The molecule has 1 atom stereocenters. The van der Waals surface area contributed by atoms with Crippen LogP contribution in [-0.2, 0) is 0 Å². The molecule has 2 nitrogen and oxygen atoms in total. The second-order valence-corrected chi connectivity index (χ2v) is 4.64. The number of ether oxygens (including phenoxy) is 1. The van der Waals surface area contributed by atoms with E-state index in [0.717, 1.165) is 0 Å². The van der Waals surface area contributed by atoms with Gasteiger partial charge in [-0.2, -0.15) is 8.78 Å². The number of ketones is 1. The molecule has 1 rings (SSSR count). The number of alkyl halides is 4. The Morgan fingerprint density at radius 1 is 1.31 bits per heavy atom. The molecule has 1 unspecified atom stereocenters. The average molecular weight is 358 g/mol. The summed E-state index contributed by atoms with van der Waals surface area (Å²) in [7, 11) is 0. The first-order chi connectivity index (χ1) is 7.54. The molecule has 6 heteroatoms. The molecule has 0 heterocycles. The minimum Gasteiger partial charge on any atom is -0.435 e. The van der Waals surface area contributed by atoms with Crippen molar-refractivity contribution in [3.8, 4) is 5.75 Å². The van der Waals surface area contributed by atoms with E-state index in [0.29, 0.717) is 10.9 Å². The zero-order valence-corrected chi connectivity index (χ0v) is 11.2. The van der Waals surface area contributed by atoms with Crippen LogP contribution in [0, 0.1) is 0 Å². The van der Waals surface area contributed by atoms with Crippen molar-refractivity contribution in [3.05, 3.63) is 29.8 Å². The van der Waals surface area contributed by atoms with Crippen LogP contribution < -0.4 is 4.74 Å². The van der Waals surface area contributed by atoms with Crippen molar-refractivity contribution < 1.29 is 18.3 Å². The van der Waals surface area contributed by atoms with Crippen LogP contribution in [0.5, 0.6) is 5.75 Å². The Morgan fingerprint density at radius 3 is 2.31 bits per heavy atom. The van der Waals surface area contributed by atoms with Gasteiger partial charge in [0.05, 0.1) is 4.83 Å². The SMILES string of the molecule is O=C(c1ccc(OC(F)F)cc1)C(Br)CBr. The van der Waals surface area contributed by atoms with Crippen LogP contribution in [-0.4, -0.2) is 22.6 Å². The molecule has 0 saturated heterocycles. The van der Waals surface area contributed by atoms with Crippen LogP contribution in [0.2, 0.25) is 0 Å². The van der Waals surface area contributed by atoms with Crippen molar-refractivity contribution in [2.75, 3.05) is 5.33 Å². The highest BCUT2D eigenvalue weighted by Gasteiger charge is 2.15. The number of benzene rings is 1. The fraction of sp³-hybridized carbons (Fsp3) is 0.300. The van der Waals surface area contributed by atoms with Crippen LogP contribution in [0.3, 0.4) is 0 Å². The van der Waals surface area contributed by atoms with Gasteiger partial charge < -0.3 is 4.74 Å². The van der Waals surface area contributed by atoms with E-state index >= 15 is 0 Å². The predicted molar refractivity (Wildman–Crippen MR) is 63.9 cm³/mol. The average Bonchev–Trinajstić information content (AvgIpc) is 2.27. The van der Waals surface area contributed by atoms with E-state index in [4.69, 9.17) is 0 Å². The maximum atomic E-state index is 11.9. The van der Waals surface area contributed by atoms with Gasteiger partial charge in [-0.1, -0.05) is 31.9 Å². The van der Waals surface area contributed by atoms with Gasteiger partial charge in [-0.3, -0.25) is 4.79 Å². The summed E-state index contributed by atoms with van der Waals surface area (Å²) in [6.07, 6.45) is 0. The zero-order valence-electron chi connectivity index (χ0n) is 8.00. The number of carbonyl (C=O) groups is 1. The van der Waals surface area contributed by atoms with E-state index < -0.39 is 6.61 Å². The van der Waals surface area contributed by atoms with Gasteiger partial charge in [-0.15, -0.1) is 0 Å². The molecule has 0 aliphatic carbocycles. The lowest BCUT2D eigenvalue weighted by atomic mass is 10.1. The van der Waals surface area contributed by atoms with Crippen LogP contribution in [0.4, 0.5) is 8.78 Å². The van der Waals surface area contributed by atoms with Gasteiger partial charge in [0.2, 0.25) is 0 Å². The summed E-state index contributed by atoms with van der Waals surface area (Å²) in [5.41, 5.74) is 0.447. The molecule has 1 aromatic rings. The normalized spacial score (nSPS) is 12.6. The molecule has 0 saturated carbocycles. The Balaban J connectivity index is 2.74. The topological polar surface area (TPSA) is 26.3 Å². The molecule has 0 aliphatic heterocycles. The summed E-state index contributed by atoms with van der Waals surface area (Å²) < 4.78 is 27.9. The zero-order chi connectivity index (χ0) is 12.1. The summed E-state index contributed by atoms with van der Waals surface area (Å²) in [4.78, 5) is 11.3. The van der Waals surface area contributed by atoms with Gasteiger partial charge in [0.15, 0.2) is 5.78 Å².